The average molecular weight is 311 g/mol. The Balaban J connectivity index is 1.99. The minimum absolute atomic E-state index is 0.0777. The van der Waals surface area contributed by atoms with Crippen LogP contribution >= 0.6 is 0 Å². The number of benzene rings is 2. The summed E-state index contributed by atoms with van der Waals surface area (Å²) in [5.41, 5.74) is 0.357. The minimum atomic E-state index is -0.305. The van der Waals surface area contributed by atoms with Crippen molar-refractivity contribution in [3.05, 3.63) is 76.5 Å². The van der Waals surface area contributed by atoms with E-state index in [1.807, 2.05) is 26.0 Å². The highest BCUT2D eigenvalue weighted by Crippen LogP contribution is 2.19. The van der Waals surface area contributed by atoms with Crippen LogP contribution in [0.2, 0.25) is 0 Å². The largest absolute Gasteiger partial charge is 0.491 e. The molecule has 0 saturated carbocycles. The highest BCUT2D eigenvalue weighted by Gasteiger charge is 2.07. The summed E-state index contributed by atoms with van der Waals surface area (Å²) in [6.45, 7) is 4.12. The molecule has 2 aromatic carbocycles. The molecule has 118 valence electrons. The Morgan fingerprint density at radius 2 is 1.91 bits per heavy atom. The maximum atomic E-state index is 13.8. The van der Waals surface area contributed by atoms with Crippen LogP contribution in [0.1, 0.15) is 19.4 Å². The summed E-state index contributed by atoms with van der Waals surface area (Å²) in [5, 5.41) is 1.41. The Morgan fingerprint density at radius 1 is 1.13 bits per heavy atom. The molecular weight excluding hydrogens is 293 g/mol. The van der Waals surface area contributed by atoms with Gasteiger partial charge in [0.15, 0.2) is 0 Å². The lowest BCUT2D eigenvalue weighted by Gasteiger charge is -2.11. The molecule has 0 unspecified atom stereocenters. The van der Waals surface area contributed by atoms with E-state index in [1.54, 1.807) is 36.5 Å². The molecule has 3 nitrogen and oxygen atoms in total. The van der Waals surface area contributed by atoms with Gasteiger partial charge in [-0.05, 0) is 49.6 Å². The van der Waals surface area contributed by atoms with E-state index in [0.29, 0.717) is 10.9 Å². The fourth-order valence-corrected chi connectivity index (χ4v) is 2.55. The number of ether oxygens (including phenoxy) is 1. The quantitative estimate of drug-likeness (QED) is 0.730. The van der Waals surface area contributed by atoms with Gasteiger partial charge in [-0.3, -0.25) is 4.79 Å². The summed E-state index contributed by atoms with van der Waals surface area (Å²) < 4.78 is 20.9. The van der Waals surface area contributed by atoms with E-state index in [2.05, 4.69) is 0 Å². The second kappa shape index (κ2) is 6.24. The summed E-state index contributed by atoms with van der Waals surface area (Å²) in [5.74, 6) is 0.430. The average Bonchev–Trinajstić information content (AvgIpc) is 2.51. The van der Waals surface area contributed by atoms with Gasteiger partial charge >= 0.3 is 0 Å². The van der Waals surface area contributed by atoms with Gasteiger partial charge < -0.3 is 9.30 Å². The van der Waals surface area contributed by atoms with Crippen molar-refractivity contribution < 1.29 is 9.13 Å². The third-order valence-electron chi connectivity index (χ3n) is 3.62. The molecule has 0 aliphatic carbocycles. The lowest BCUT2D eigenvalue weighted by molar-refractivity contribution is 0.243. The van der Waals surface area contributed by atoms with Crippen molar-refractivity contribution in [2.75, 3.05) is 0 Å². The highest BCUT2D eigenvalue weighted by atomic mass is 19.1. The molecule has 0 aliphatic rings. The molecule has 0 spiro atoms. The molecule has 4 heteroatoms. The van der Waals surface area contributed by atoms with Crippen LogP contribution in [-0.4, -0.2) is 10.7 Å². The van der Waals surface area contributed by atoms with Crippen LogP contribution in [0, 0.1) is 5.82 Å². The van der Waals surface area contributed by atoms with Crippen LogP contribution in [0.5, 0.6) is 5.75 Å². The van der Waals surface area contributed by atoms with Gasteiger partial charge in [-0.1, -0.05) is 18.2 Å². The first-order valence-corrected chi connectivity index (χ1v) is 7.58. The van der Waals surface area contributed by atoms with Gasteiger partial charge in [-0.25, -0.2) is 4.39 Å². The fourth-order valence-electron chi connectivity index (χ4n) is 2.55. The third kappa shape index (κ3) is 3.26. The third-order valence-corrected chi connectivity index (χ3v) is 3.62. The summed E-state index contributed by atoms with van der Waals surface area (Å²) in [4.78, 5) is 12.6. The number of fused-ring (bicyclic) bond motifs is 1. The number of rotatable bonds is 4. The van der Waals surface area contributed by atoms with Gasteiger partial charge in [0.1, 0.15) is 11.6 Å². The van der Waals surface area contributed by atoms with Crippen molar-refractivity contribution in [3.8, 4) is 5.75 Å². The second-order valence-corrected chi connectivity index (χ2v) is 5.76. The van der Waals surface area contributed by atoms with Gasteiger partial charge in [0.05, 0.1) is 12.6 Å². The standard InChI is InChI=1S/C19H18FNO2/c1-13(2)23-16-7-8-17-14(11-16)9-10-21(19(17)22)12-15-5-3-4-6-18(15)20/h3-11,13H,12H2,1-2H3. The lowest BCUT2D eigenvalue weighted by atomic mass is 10.1. The summed E-state index contributed by atoms with van der Waals surface area (Å²) in [6.07, 6.45) is 1.77. The van der Waals surface area contributed by atoms with Crippen molar-refractivity contribution in [2.24, 2.45) is 0 Å². The molecule has 1 aromatic heterocycles. The van der Waals surface area contributed by atoms with E-state index >= 15 is 0 Å². The van der Waals surface area contributed by atoms with Crippen LogP contribution in [0.15, 0.2) is 59.5 Å². The molecule has 0 fully saturated rings. The predicted molar refractivity (Wildman–Crippen MR) is 89.5 cm³/mol. The Bertz CT molecular complexity index is 899. The first-order chi connectivity index (χ1) is 11.0. The van der Waals surface area contributed by atoms with Gasteiger partial charge in [-0.15, -0.1) is 0 Å². The van der Waals surface area contributed by atoms with Crippen LogP contribution < -0.4 is 10.3 Å². The number of halogens is 1. The Kier molecular flexibility index (Phi) is 4.15. The normalized spacial score (nSPS) is 11.1. The Labute approximate surface area is 134 Å². The molecule has 0 radical (unpaired) electrons. The zero-order valence-electron chi connectivity index (χ0n) is 13.1. The number of hydrogen-bond acceptors (Lipinski definition) is 2. The maximum Gasteiger partial charge on any atom is 0.258 e. The van der Waals surface area contributed by atoms with Crippen LogP contribution in [-0.2, 0) is 6.54 Å². The first kappa shape index (κ1) is 15.3. The predicted octanol–water partition coefficient (Wildman–Crippen LogP) is 3.98. The van der Waals surface area contributed by atoms with E-state index in [1.165, 1.54) is 10.6 Å². The minimum Gasteiger partial charge on any atom is -0.491 e. The SMILES string of the molecule is CC(C)Oc1ccc2c(=O)n(Cc3ccccc3F)ccc2c1. The number of hydrogen-bond donors (Lipinski definition) is 0. The second-order valence-electron chi connectivity index (χ2n) is 5.76. The molecular formula is C19H18FNO2. The zero-order valence-corrected chi connectivity index (χ0v) is 13.1. The van der Waals surface area contributed by atoms with Crippen LogP contribution in [0.4, 0.5) is 4.39 Å². The summed E-state index contributed by atoms with van der Waals surface area (Å²) in [7, 11) is 0. The highest BCUT2D eigenvalue weighted by molar-refractivity contribution is 5.82. The molecule has 1 heterocycles. The van der Waals surface area contributed by atoms with Gasteiger partial charge in [0.25, 0.3) is 5.56 Å². The smallest absolute Gasteiger partial charge is 0.258 e. The molecule has 0 saturated heterocycles. The van der Waals surface area contributed by atoms with Crippen molar-refractivity contribution in [3.63, 3.8) is 0 Å². The van der Waals surface area contributed by atoms with Gasteiger partial charge in [0.2, 0.25) is 0 Å². The molecule has 3 rings (SSSR count). The summed E-state index contributed by atoms with van der Waals surface area (Å²) >= 11 is 0. The van der Waals surface area contributed by atoms with Crippen molar-refractivity contribution in [1.29, 1.82) is 0 Å². The topological polar surface area (TPSA) is 31.2 Å². The van der Waals surface area contributed by atoms with Gasteiger partial charge in [0, 0.05) is 17.1 Å². The summed E-state index contributed by atoms with van der Waals surface area (Å²) in [6, 6.07) is 13.7. The van der Waals surface area contributed by atoms with Crippen LogP contribution in [0.25, 0.3) is 10.8 Å². The molecule has 0 amide bonds. The van der Waals surface area contributed by atoms with E-state index in [-0.39, 0.29) is 24.0 Å². The monoisotopic (exact) mass is 311 g/mol. The zero-order chi connectivity index (χ0) is 16.4. The molecule has 0 N–H and O–H groups in total. The van der Waals surface area contributed by atoms with Gasteiger partial charge in [-0.2, -0.15) is 0 Å². The number of nitrogens with zero attached hydrogens (tertiary/aromatic N) is 1. The Hall–Kier alpha value is -2.62. The van der Waals surface area contributed by atoms with E-state index in [4.69, 9.17) is 4.74 Å². The van der Waals surface area contributed by atoms with E-state index < -0.39 is 0 Å². The van der Waals surface area contributed by atoms with E-state index in [0.717, 1.165) is 11.1 Å². The maximum absolute atomic E-state index is 13.8. The molecule has 0 atom stereocenters. The molecule has 3 aromatic rings. The number of pyridine rings is 1. The first-order valence-electron chi connectivity index (χ1n) is 7.58. The lowest BCUT2D eigenvalue weighted by Crippen LogP contribution is -2.20. The van der Waals surface area contributed by atoms with Crippen molar-refractivity contribution in [1.82, 2.24) is 4.57 Å². The fraction of sp³-hybridized carbons (Fsp3) is 0.211. The van der Waals surface area contributed by atoms with Crippen molar-refractivity contribution >= 4 is 10.8 Å². The van der Waals surface area contributed by atoms with E-state index in [9.17, 15) is 9.18 Å². The van der Waals surface area contributed by atoms with Crippen molar-refractivity contribution in [2.45, 2.75) is 26.5 Å². The number of aromatic nitrogens is 1. The molecule has 0 aliphatic heterocycles. The van der Waals surface area contributed by atoms with Crippen LogP contribution in [0.3, 0.4) is 0 Å². The molecule has 0 bridgehead atoms. The Morgan fingerprint density at radius 3 is 2.65 bits per heavy atom. The molecule has 23 heavy (non-hydrogen) atoms.